The van der Waals surface area contributed by atoms with E-state index in [1.165, 1.54) is 128 Å². The number of hydrogen-bond donors (Lipinski definition) is 0. The third-order valence-corrected chi connectivity index (χ3v) is 12.0. The van der Waals surface area contributed by atoms with Crippen LogP contribution in [0.4, 0.5) is 0 Å². The summed E-state index contributed by atoms with van der Waals surface area (Å²) in [5.41, 5.74) is 4.24. The smallest absolute Gasteiger partial charge is 0.0320 e. The number of hydrogen-bond acceptors (Lipinski definition) is 0. The first-order chi connectivity index (χ1) is 18.8. The fourth-order valence-electron chi connectivity index (χ4n) is 8.97. The predicted octanol–water partition coefficient (Wildman–Crippen LogP) is 13.8. The molecular weight excluding hydrogens is 480 g/mol. The molecule has 0 aromatic carbocycles. The third kappa shape index (κ3) is 12.8. The second kappa shape index (κ2) is 17.6. The van der Waals surface area contributed by atoms with E-state index in [-0.39, 0.29) is 0 Å². The summed E-state index contributed by atoms with van der Waals surface area (Å²) in [5.74, 6) is 5.38. The molecule has 0 N–H and O–H groups in total. The summed E-state index contributed by atoms with van der Waals surface area (Å²) in [6.45, 7) is 26.9. The average molecular weight is 555 g/mol. The van der Waals surface area contributed by atoms with E-state index in [1.807, 2.05) is 0 Å². The SMILES string of the molecule is C=C(CCC[C@@H](C)CCCC/C(C)=C\CC[C@@H](C)CC[C@H]1[C@H](C)CCCC1(C)C)CC[C@@H]1[C@@H](C)CCCC1(C)C. The molecule has 234 valence electrons. The van der Waals surface area contributed by atoms with Gasteiger partial charge in [-0.1, -0.05) is 131 Å². The maximum atomic E-state index is 4.47. The van der Waals surface area contributed by atoms with Gasteiger partial charge in [0.2, 0.25) is 0 Å². The second-order valence-corrected chi connectivity index (χ2v) is 16.8. The summed E-state index contributed by atoms with van der Waals surface area (Å²) >= 11 is 0. The van der Waals surface area contributed by atoms with Gasteiger partial charge in [-0.05, 0) is 124 Å². The minimum absolute atomic E-state index is 0.531. The molecule has 2 fully saturated rings. The molecule has 0 bridgehead atoms. The summed E-state index contributed by atoms with van der Waals surface area (Å²) in [6.07, 6.45) is 28.8. The highest BCUT2D eigenvalue weighted by atomic mass is 14.4. The largest absolute Gasteiger partial charge is 0.0999 e. The Kier molecular flexibility index (Phi) is 15.7. The van der Waals surface area contributed by atoms with Gasteiger partial charge in [-0.3, -0.25) is 0 Å². The fraction of sp³-hybridized carbons (Fsp3) is 0.900. The lowest BCUT2D eigenvalue weighted by Crippen LogP contribution is -2.33. The van der Waals surface area contributed by atoms with Gasteiger partial charge in [0.25, 0.3) is 0 Å². The normalized spacial score (nSPS) is 28.3. The van der Waals surface area contributed by atoms with E-state index in [0.717, 1.165) is 35.5 Å². The van der Waals surface area contributed by atoms with Gasteiger partial charge in [-0.2, -0.15) is 0 Å². The number of rotatable bonds is 18. The summed E-state index contributed by atoms with van der Waals surface area (Å²) in [5, 5.41) is 0. The van der Waals surface area contributed by atoms with E-state index >= 15 is 0 Å². The van der Waals surface area contributed by atoms with Crippen molar-refractivity contribution in [3.05, 3.63) is 23.8 Å². The molecule has 0 spiro atoms. The molecule has 0 nitrogen and oxygen atoms in total. The molecule has 2 aliphatic rings. The second-order valence-electron chi connectivity index (χ2n) is 16.8. The molecular formula is C40H74. The van der Waals surface area contributed by atoms with Crippen molar-refractivity contribution in [3.8, 4) is 0 Å². The molecule has 2 rings (SSSR count). The van der Waals surface area contributed by atoms with Crippen molar-refractivity contribution in [2.75, 3.05) is 0 Å². The van der Waals surface area contributed by atoms with Crippen molar-refractivity contribution in [2.24, 2.45) is 46.3 Å². The van der Waals surface area contributed by atoms with Gasteiger partial charge < -0.3 is 0 Å². The van der Waals surface area contributed by atoms with Gasteiger partial charge in [-0.15, -0.1) is 0 Å². The van der Waals surface area contributed by atoms with Gasteiger partial charge in [0, 0.05) is 0 Å². The first kappa shape index (κ1) is 35.7. The molecule has 40 heavy (non-hydrogen) atoms. The van der Waals surface area contributed by atoms with Crippen LogP contribution in [0.15, 0.2) is 23.8 Å². The van der Waals surface area contributed by atoms with E-state index in [4.69, 9.17) is 0 Å². The lowest BCUT2D eigenvalue weighted by atomic mass is 9.62. The van der Waals surface area contributed by atoms with Crippen molar-refractivity contribution < 1.29 is 0 Å². The third-order valence-electron chi connectivity index (χ3n) is 12.0. The topological polar surface area (TPSA) is 0 Å². The summed E-state index contributed by atoms with van der Waals surface area (Å²) in [7, 11) is 0. The minimum atomic E-state index is 0.531. The first-order valence-corrected chi connectivity index (χ1v) is 18.1. The molecule has 0 aromatic heterocycles. The predicted molar refractivity (Wildman–Crippen MR) is 182 cm³/mol. The maximum absolute atomic E-state index is 4.47. The van der Waals surface area contributed by atoms with Crippen LogP contribution < -0.4 is 0 Å². The van der Waals surface area contributed by atoms with Crippen molar-refractivity contribution >= 4 is 0 Å². The Morgan fingerprint density at radius 1 is 0.725 bits per heavy atom. The molecule has 0 heterocycles. The zero-order chi connectivity index (χ0) is 29.8. The van der Waals surface area contributed by atoms with Crippen LogP contribution in [-0.4, -0.2) is 0 Å². The van der Waals surface area contributed by atoms with Crippen LogP contribution >= 0.6 is 0 Å². The Morgan fingerprint density at radius 3 is 1.88 bits per heavy atom. The van der Waals surface area contributed by atoms with Crippen molar-refractivity contribution in [1.29, 1.82) is 0 Å². The molecule has 0 saturated heterocycles. The summed E-state index contributed by atoms with van der Waals surface area (Å²) in [6, 6.07) is 0. The lowest BCUT2D eigenvalue weighted by Gasteiger charge is -2.43. The highest BCUT2D eigenvalue weighted by Gasteiger charge is 2.37. The molecule has 2 aliphatic carbocycles. The van der Waals surface area contributed by atoms with Crippen molar-refractivity contribution in [2.45, 2.75) is 184 Å². The fourth-order valence-corrected chi connectivity index (χ4v) is 8.97. The minimum Gasteiger partial charge on any atom is -0.0999 e. The van der Waals surface area contributed by atoms with Gasteiger partial charge in [0.05, 0.1) is 0 Å². The molecule has 0 aliphatic heterocycles. The Bertz CT molecular complexity index is 735. The van der Waals surface area contributed by atoms with E-state index in [1.54, 1.807) is 5.57 Å². The van der Waals surface area contributed by atoms with E-state index in [9.17, 15) is 0 Å². The highest BCUT2D eigenvalue weighted by molar-refractivity contribution is 4.98. The molecule has 6 atom stereocenters. The molecule has 0 heteroatoms. The first-order valence-electron chi connectivity index (χ1n) is 18.1. The van der Waals surface area contributed by atoms with Gasteiger partial charge in [-0.25, -0.2) is 0 Å². The van der Waals surface area contributed by atoms with Gasteiger partial charge in [0.1, 0.15) is 0 Å². The van der Waals surface area contributed by atoms with Crippen LogP contribution in [0.1, 0.15) is 184 Å². The van der Waals surface area contributed by atoms with Gasteiger partial charge in [0.15, 0.2) is 0 Å². The standard InChI is InChI=1S/C40H74/c1-31(19-13-21-33(3)25-27-37-35(5)23-15-29-39(37,7)8)17-11-12-18-32(2)20-14-22-34(4)26-28-38-36(6)24-16-30-40(38,9)10/h20,31,34-38H,3,11-19,21-30H2,1-2,4-10H3/b32-20-/t31-,34+,35-,36+,37+,38-/m0/s1. The lowest BCUT2D eigenvalue weighted by molar-refractivity contribution is 0.0708. The Labute approximate surface area is 254 Å². The van der Waals surface area contributed by atoms with E-state index in [0.29, 0.717) is 10.8 Å². The quantitative estimate of drug-likeness (QED) is 0.117. The van der Waals surface area contributed by atoms with Gasteiger partial charge >= 0.3 is 0 Å². The summed E-state index contributed by atoms with van der Waals surface area (Å²) < 4.78 is 0. The maximum Gasteiger partial charge on any atom is -0.0320 e. The Morgan fingerprint density at radius 2 is 1.27 bits per heavy atom. The van der Waals surface area contributed by atoms with Crippen LogP contribution in [0.25, 0.3) is 0 Å². The van der Waals surface area contributed by atoms with Crippen LogP contribution in [-0.2, 0) is 0 Å². The van der Waals surface area contributed by atoms with E-state index in [2.05, 4.69) is 75.0 Å². The molecule has 0 unspecified atom stereocenters. The monoisotopic (exact) mass is 555 g/mol. The zero-order valence-corrected chi connectivity index (χ0v) is 29.2. The highest BCUT2D eigenvalue weighted by Crippen LogP contribution is 2.47. The average Bonchev–Trinajstić information content (AvgIpc) is 2.85. The summed E-state index contributed by atoms with van der Waals surface area (Å²) in [4.78, 5) is 0. The zero-order valence-electron chi connectivity index (χ0n) is 29.2. The van der Waals surface area contributed by atoms with E-state index < -0.39 is 0 Å². The van der Waals surface area contributed by atoms with Crippen molar-refractivity contribution in [1.82, 2.24) is 0 Å². The number of unbranched alkanes of at least 4 members (excludes halogenated alkanes) is 1. The van der Waals surface area contributed by atoms with Crippen LogP contribution in [0.5, 0.6) is 0 Å². The van der Waals surface area contributed by atoms with Crippen LogP contribution in [0.2, 0.25) is 0 Å². The molecule has 0 aromatic rings. The molecule has 0 radical (unpaired) electrons. The Hall–Kier alpha value is -0.520. The van der Waals surface area contributed by atoms with Crippen LogP contribution in [0.3, 0.4) is 0 Å². The van der Waals surface area contributed by atoms with Crippen LogP contribution in [0, 0.1) is 46.3 Å². The van der Waals surface area contributed by atoms with Crippen molar-refractivity contribution in [3.63, 3.8) is 0 Å². The number of allylic oxidation sites excluding steroid dienone is 3. The molecule has 0 amide bonds. The molecule has 2 saturated carbocycles. The Balaban J connectivity index is 1.50.